The average Bonchev–Trinajstić information content (AvgIpc) is 3.27. The summed E-state index contributed by atoms with van der Waals surface area (Å²) < 4.78 is 5.53. The molecule has 4 rings (SSSR count). The zero-order valence-corrected chi connectivity index (χ0v) is 14.3. The summed E-state index contributed by atoms with van der Waals surface area (Å²) in [7, 11) is 0. The van der Waals surface area contributed by atoms with E-state index in [2.05, 4.69) is 16.3 Å². The summed E-state index contributed by atoms with van der Waals surface area (Å²) in [6.07, 6.45) is 11.6. The number of aliphatic hydroxyl groups excluding tert-OH is 1. The van der Waals surface area contributed by atoms with Gasteiger partial charge in [0.25, 0.3) is 0 Å². The lowest BCUT2D eigenvalue weighted by Gasteiger charge is -2.40. The standard InChI is InChI=1S/C19H32N2O2/c22-19(21(17-4-5-17)18-7-10-23-11-8-18)15-3-1-2-14(12-15)16-6-9-20-13-16/h3,14,16-20,22H,1-2,4-13H2. The van der Waals surface area contributed by atoms with E-state index < -0.39 is 0 Å². The molecule has 3 unspecified atom stereocenters. The first-order chi connectivity index (χ1) is 11.3. The van der Waals surface area contributed by atoms with Crippen molar-refractivity contribution in [2.75, 3.05) is 26.3 Å². The molecule has 0 aromatic rings. The van der Waals surface area contributed by atoms with E-state index in [1.165, 1.54) is 44.3 Å². The van der Waals surface area contributed by atoms with Crippen molar-refractivity contribution in [3.8, 4) is 0 Å². The van der Waals surface area contributed by atoms with E-state index in [9.17, 15) is 5.11 Å². The number of hydrogen-bond donors (Lipinski definition) is 2. The maximum atomic E-state index is 11.2. The van der Waals surface area contributed by atoms with Crippen LogP contribution in [0.25, 0.3) is 0 Å². The molecule has 2 saturated heterocycles. The highest BCUT2D eigenvalue weighted by Crippen LogP contribution is 2.39. The first kappa shape index (κ1) is 16.1. The number of ether oxygens (including phenoxy) is 1. The molecule has 1 saturated carbocycles. The molecule has 3 atom stereocenters. The normalized spacial score (nSPS) is 34.6. The first-order valence-corrected chi connectivity index (χ1v) is 9.76. The summed E-state index contributed by atoms with van der Waals surface area (Å²) in [6, 6.07) is 1.13. The van der Waals surface area contributed by atoms with E-state index in [1.54, 1.807) is 0 Å². The van der Waals surface area contributed by atoms with Gasteiger partial charge in [0.15, 0.2) is 0 Å². The highest BCUT2D eigenvalue weighted by Gasteiger charge is 2.40. The van der Waals surface area contributed by atoms with Crippen LogP contribution >= 0.6 is 0 Å². The van der Waals surface area contributed by atoms with Crippen molar-refractivity contribution in [2.45, 2.75) is 69.7 Å². The Morgan fingerprint density at radius 1 is 1.04 bits per heavy atom. The van der Waals surface area contributed by atoms with Gasteiger partial charge in [-0.2, -0.15) is 0 Å². The van der Waals surface area contributed by atoms with Gasteiger partial charge in [0.1, 0.15) is 6.23 Å². The van der Waals surface area contributed by atoms with Gasteiger partial charge in [-0.3, -0.25) is 4.90 Å². The Balaban J connectivity index is 1.43. The number of aliphatic hydroxyl groups is 1. The predicted octanol–water partition coefficient (Wildman–Crippen LogP) is 2.28. The van der Waals surface area contributed by atoms with Crippen LogP contribution in [0.1, 0.15) is 51.4 Å². The van der Waals surface area contributed by atoms with Crippen LogP contribution in [0.5, 0.6) is 0 Å². The van der Waals surface area contributed by atoms with Gasteiger partial charge in [-0.05, 0) is 81.9 Å². The second-order valence-electron chi connectivity index (χ2n) is 7.97. The fourth-order valence-electron chi connectivity index (χ4n) is 4.91. The molecule has 23 heavy (non-hydrogen) atoms. The summed E-state index contributed by atoms with van der Waals surface area (Å²) in [5.41, 5.74) is 1.31. The molecule has 130 valence electrons. The molecule has 0 amide bonds. The molecule has 2 aliphatic heterocycles. The molecular formula is C19H32N2O2. The van der Waals surface area contributed by atoms with Crippen molar-refractivity contribution in [3.05, 3.63) is 11.6 Å². The van der Waals surface area contributed by atoms with Crippen molar-refractivity contribution in [1.29, 1.82) is 0 Å². The predicted molar refractivity (Wildman–Crippen MR) is 91.1 cm³/mol. The molecule has 4 nitrogen and oxygen atoms in total. The van der Waals surface area contributed by atoms with Gasteiger partial charge >= 0.3 is 0 Å². The van der Waals surface area contributed by atoms with Crippen LogP contribution in [0.15, 0.2) is 11.6 Å². The minimum Gasteiger partial charge on any atom is -0.381 e. The molecular weight excluding hydrogens is 288 g/mol. The maximum Gasteiger partial charge on any atom is 0.130 e. The molecule has 0 bridgehead atoms. The molecule has 0 radical (unpaired) electrons. The van der Waals surface area contributed by atoms with Crippen LogP contribution in [0, 0.1) is 11.8 Å². The largest absolute Gasteiger partial charge is 0.381 e. The fraction of sp³-hybridized carbons (Fsp3) is 0.895. The lowest BCUT2D eigenvalue weighted by Crippen LogP contribution is -2.48. The van der Waals surface area contributed by atoms with Crippen LogP contribution < -0.4 is 5.32 Å². The van der Waals surface area contributed by atoms with Gasteiger partial charge in [0.05, 0.1) is 0 Å². The van der Waals surface area contributed by atoms with E-state index >= 15 is 0 Å². The van der Waals surface area contributed by atoms with Crippen LogP contribution in [-0.4, -0.2) is 54.6 Å². The van der Waals surface area contributed by atoms with Gasteiger partial charge in [-0.1, -0.05) is 6.08 Å². The van der Waals surface area contributed by atoms with Crippen molar-refractivity contribution in [3.63, 3.8) is 0 Å². The van der Waals surface area contributed by atoms with E-state index in [1.807, 2.05) is 0 Å². The molecule has 0 spiro atoms. The zero-order chi connectivity index (χ0) is 15.6. The quantitative estimate of drug-likeness (QED) is 0.603. The highest BCUT2D eigenvalue weighted by molar-refractivity contribution is 5.14. The Bertz CT molecular complexity index is 423. The van der Waals surface area contributed by atoms with Crippen molar-refractivity contribution in [1.82, 2.24) is 10.2 Å². The third-order valence-electron chi connectivity index (χ3n) is 6.40. The lowest BCUT2D eigenvalue weighted by molar-refractivity contribution is -0.0481. The lowest BCUT2D eigenvalue weighted by atomic mass is 9.78. The highest BCUT2D eigenvalue weighted by atomic mass is 16.5. The number of hydrogen-bond acceptors (Lipinski definition) is 4. The topological polar surface area (TPSA) is 44.7 Å². The Kier molecular flexibility index (Phi) is 5.04. The number of allylic oxidation sites excluding steroid dienone is 1. The summed E-state index contributed by atoms with van der Waals surface area (Å²) in [5, 5.41) is 14.7. The summed E-state index contributed by atoms with van der Waals surface area (Å²) in [4.78, 5) is 2.45. The van der Waals surface area contributed by atoms with Crippen molar-refractivity contribution >= 4 is 0 Å². The monoisotopic (exact) mass is 320 g/mol. The van der Waals surface area contributed by atoms with Crippen molar-refractivity contribution in [2.24, 2.45) is 11.8 Å². The van der Waals surface area contributed by atoms with Crippen LogP contribution in [0.2, 0.25) is 0 Å². The first-order valence-electron chi connectivity index (χ1n) is 9.76. The SMILES string of the molecule is OC(C1=CCCC(C2CCNC2)C1)N(C1CCOCC1)C1CC1. The Labute approximate surface area is 140 Å². The maximum absolute atomic E-state index is 11.2. The number of nitrogens with zero attached hydrogens (tertiary/aromatic N) is 1. The molecule has 0 aromatic carbocycles. The minimum absolute atomic E-state index is 0.345. The van der Waals surface area contributed by atoms with Crippen molar-refractivity contribution < 1.29 is 9.84 Å². The molecule has 4 heteroatoms. The zero-order valence-electron chi connectivity index (χ0n) is 14.3. The van der Waals surface area contributed by atoms with E-state index in [0.29, 0.717) is 12.1 Å². The molecule has 2 heterocycles. The third kappa shape index (κ3) is 3.65. The van der Waals surface area contributed by atoms with E-state index in [-0.39, 0.29) is 6.23 Å². The van der Waals surface area contributed by atoms with Gasteiger partial charge in [0.2, 0.25) is 0 Å². The second kappa shape index (κ2) is 7.22. The Morgan fingerprint density at radius 2 is 1.83 bits per heavy atom. The van der Waals surface area contributed by atoms with Crippen LogP contribution in [-0.2, 0) is 4.74 Å². The molecule has 2 N–H and O–H groups in total. The van der Waals surface area contributed by atoms with Crippen LogP contribution in [0.4, 0.5) is 0 Å². The van der Waals surface area contributed by atoms with Gasteiger partial charge in [0, 0.05) is 25.3 Å². The summed E-state index contributed by atoms with van der Waals surface area (Å²) in [5.74, 6) is 1.60. The summed E-state index contributed by atoms with van der Waals surface area (Å²) in [6.45, 7) is 4.07. The van der Waals surface area contributed by atoms with Gasteiger partial charge < -0.3 is 15.2 Å². The van der Waals surface area contributed by atoms with Gasteiger partial charge in [-0.15, -0.1) is 0 Å². The molecule has 3 fully saturated rings. The molecule has 0 aromatic heterocycles. The third-order valence-corrected chi connectivity index (χ3v) is 6.40. The Morgan fingerprint density at radius 3 is 2.52 bits per heavy atom. The number of rotatable bonds is 5. The van der Waals surface area contributed by atoms with Crippen LogP contribution in [0.3, 0.4) is 0 Å². The molecule has 2 aliphatic carbocycles. The minimum atomic E-state index is -0.345. The Hall–Kier alpha value is -0.420. The van der Waals surface area contributed by atoms with E-state index in [0.717, 1.165) is 50.7 Å². The summed E-state index contributed by atoms with van der Waals surface area (Å²) >= 11 is 0. The van der Waals surface area contributed by atoms with E-state index in [4.69, 9.17) is 4.74 Å². The second-order valence-corrected chi connectivity index (χ2v) is 7.97. The fourth-order valence-corrected chi connectivity index (χ4v) is 4.91. The number of nitrogens with one attached hydrogen (secondary N) is 1. The molecule has 4 aliphatic rings. The smallest absolute Gasteiger partial charge is 0.130 e. The average molecular weight is 320 g/mol. The van der Waals surface area contributed by atoms with Gasteiger partial charge in [-0.25, -0.2) is 0 Å².